The maximum atomic E-state index is 11.8. The van der Waals surface area contributed by atoms with E-state index in [4.69, 9.17) is 4.74 Å². The number of nitrogens with zero attached hydrogens (tertiary/aromatic N) is 4. The molecule has 0 aromatic carbocycles. The molecular weight excluding hydrogens is 240 g/mol. The summed E-state index contributed by atoms with van der Waals surface area (Å²) in [7, 11) is 1.49. The lowest BCUT2D eigenvalue weighted by Crippen LogP contribution is -2.27. The molecule has 1 aliphatic rings. The summed E-state index contributed by atoms with van der Waals surface area (Å²) in [6, 6.07) is 0.231. The number of carbonyl (C=O) groups excluding carboxylic acids is 1. The molecule has 0 saturated carbocycles. The molecule has 1 unspecified atom stereocenters. The lowest BCUT2D eigenvalue weighted by molar-refractivity contribution is -0.117. The number of thiol groups is 1. The van der Waals surface area contributed by atoms with Crippen LogP contribution >= 0.6 is 12.6 Å². The van der Waals surface area contributed by atoms with Crippen molar-refractivity contribution in [1.29, 1.82) is 0 Å². The van der Waals surface area contributed by atoms with Crippen LogP contribution in [-0.4, -0.2) is 40.3 Å². The van der Waals surface area contributed by atoms with Crippen molar-refractivity contribution in [3.63, 3.8) is 0 Å². The number of hydrogen-bond acceptors (Lipinski definition) is 6. The number of methoxy groups -OCH3 is 1. The first-order chi connectivity index (χ1) is 8.13. The predicted octanol–water partition coefficient (Wildman–Crippen LogP) is 0.471. The number of hydrogen-bond donors (Lipinski definition) is 1. The van der Waals surface area contributed by atoms with Crippen LogP contribution < -0.4 is 9.64 Å². The summed E-state index contributed by atoms with van der Waals surface area (Å²) in [5.41, 5.74) is 0. The van der Waals surface area contributed by atoms with Gasteiger partial charge in [0.15, 0.2) is 0 Å². The van der Waals surface area contributed by atoms with Crippen molar-refractivity contribution in [2.75, 3.05) is 24.3 Å². The van der Waals surface area contributed by atoms with Crippen LogP contribution in [0.15, 0.2) is 0 Å². The smallest absolute Gasteiger partial charge is 0.321 e. The summed E-state index contributed by atoms with van der Waals surface area (Å²) in [6.45, 7) is 2.35. The van der Waals surface area contributed by atoms with E-state index in [1.54, 1.807) is 11.8 Å². The molecule has 2 heterocycles. The first-order valence-corrected chi connectivity index (χ1v) is 5.95. The van der Waals surface area contributed by atoms with E-state index < -0.39 is 0 Å². The summed E-state index contributed by atoms with van der Waals surface area (Å²) >= 11 is 4.21. The van der Waals surface area contributed by atoms with E-state index >= 15 is 0 Å². The third-order valence-corrected chi connectivity index (χ3v) is 3.12. The molecule has 0 radical (unpaired) electrons. The number of anilines is 1. The average molecular weight is 254 g/mol. The maximum Gasteiger partial charge on any atom is 0.321 e. The van der Waals surface area contributed by atoms with Crippen LogP contribution in [0.5, 0.6) is 6.01 Å². The molecule has 1 fully saturated rings. The monoisotopic (exact) mass is 254 g/mol. The minimum Gasteiger partial charge on any atom is -0.467 e. The number of rotatable bonds is 3. The largest absolute Gasteiger partial charge is 0.467 e. The number of aromatic nitrogens is 3. The summed E-state index contributed by atoms with van der Waals surface area (Å²) in [5, 5.41) is 0. The standard InChI is InChI=1S/C10H14N4O2S/c1-6-11-9(13-10(12-6)16-2)14-4-7(5-17)3-8(14)15/h7,17H,3-5H2,1-2H3. The summed E-state index contributed by atoms with van der Waals surface area (Å²) in [6.07, 6.45) is 0.497. The SMILES string of the molecule is COc1nc(C)nc(N2CC(CS)CC2=O)n1. The molecule has 17 heavy (non-hydrogen) atoms. The lowest BCUT2D eigenvalue weighted by atomic mass is 10.1. The molecule has 1 aliphatic heterocycles. The molecule has 7 heteroatoms. The van der Waals surface area contributed by atoms with Crippen LogP contribution in [0.4, 0.5) is 5.95 Å². The fraction of sp³-hybridized carbons (Fsp3) is 0.600. The lowest BCUT2D eigenvalue weighted by Gasteiger charge is -2.14. The number of carbonyl (C=O) groups is 1. The highest BCUT2D eigenvalue weighted by atomic mass is 32.1. The van der Waals surface area contributed by atoms with Crippen molar-refractivity contribution in [3.05, 3.63) is 5.82 Å². The molecule has 1 aromatic rings. The summed E-state index contributed by atoms with van der Waals surface area (Å²) < 4.78 is 4.97. The van der Waals surface area contributed by atoms with Gasteiger partial charge < -0.3 is 4.74 Å². The summed E-state index contributed by atoms with van der Waals surface area (Å²) in [4.78, 5) is 25.6. The van der Waals surface area contributed by atoms with Crippen LogP contribution in [-0.2, 0) is 4.79 Å². The van der Waals surface area contributed by atoms with Crippen LogP contribution in [0.2, 0.25) is 0 Å². The second kappa shape index (κ2) is 4.87. The Kier molecular flexibility index (Phi) is 3.46. The van der Waals surface area contributed by atoms with E-state index in [1.807, 2.05) is 0 Å². The Bertz CT molecular complexity index is 440. The van der Waals surface area contributed by atoms with E-state index in [9.17, 15) is 4.79 Å². The molecule has 0 N–H and O–H groups in total. The second-order valence-electron chi connectivity index (χ2n) is 3.93. The minimum absolute atomic E-state index is 0.0247. The van der Waals surface area contributed by atoms with Gasteiger partial charge in [-0.15, -0.1) is 0 Å². The van der Waals surface area contributed by atoms with Gasteiger partial charge in [-0.2, -0.15) is 27.6 Å². The van der Waals surface area contributed by atoms with Gasteiger partial charge in [-0.25, -0.2) is 0 Å². The zero-order valence-electron chi connectivity index (χ0n) is 9.75. The fourth-order valence-corrected chi connectivity index (χ4v) is 2.00. The first-order valence-electron chi connectivity index (χ1n) is 5.32. The second-order valence-corrected chi connectivity index (χ2v) is 4.29. The third kappa shape index (κ3) is 2.49. The zero-order valence-corrected chi connectivity index (χ0v) is 10.6. The van der Waals surface area contributed by atoms with Crippen LogP contribution in [0, 0.1) is 12.8 Å². The van der Waals surface area contributed by atoms with Gasteiger partial charge in [-0.05, 0) is 18.6 Å². The molecule has 1 aromatic heterocycles. The molecule has 1 amide bonds. The molecule has 1 saturated heterocycles. The highest BCUT2D eigenvalue weighted by molar-refractivity contribution is 7.80. The molecule has 0 bridgehead atoms. The van der Waals surface area contributed by atoms with Crippen molar-refractivity contribution in [2.24, 2.45) is 5.92 Å². The van der Waals surface area contributed by atoms with Gasteiger partial charge in [0.05, 0.1) is 7.11 Å². The molecule has 6 nitrogen and oxygen atoms in total. The van der Waals surface area contributed by atoms with E-state index in [-0.39, 0.29) is 17.8 Å². The Labute approximate surface area is 105 Å². The molecule has 92 valence electrons. The third-order valence-electron chi connectivity index (χ3n) is 2.60. The van der Waals surface area contributed by atoms with Crippen molar-refractivity contribution in [2.45, 2.75) is 13.3 Å². The van der Waals surface area contributed by atoms with Crippen LogP contribution in [0.1, 0.15) is 12.2 Å². The first kappa shape index (κ1) is 12.1. The Balaban J connectivity index is 2.28. The molecule has 0 spiro atoms. The van der Waals surface area contributed by atoms with Gasteiger partial charge in [-0.1, -0.05) is 0 Å². The minimum atomic E-state index is 0.0247. The molecular formula is C10H14N4O2S. The Morgan fingerprint density at radius 3 is 2.82 bits per heavy atom. The molecule has 0 aliphatic carbocycles. The normalized spacial score (nSPS) is 19.8. The maximum absolute atomic E-state index is 11.8. The van der Waals surface area contributed by atoms with Crippen LogP contribution in [0.3, 0.4) is 0 Å². The van der Waals surface area contributed by atoms with Gasteiger partial charge in [0.1, 0.15) is 5.82 Å². The Morgan fingerprint density at radius 2 is 2.24 bits per heavy atom. The molecule has 2 rings (SSSR count). The van der Waals surface area contributed by atoms with E-state index in [0.717, 1.165) is 0 Å². The quantitative estimate of drug-likeness (QED) is 0.794. The van der Waals surface area contributed by atoms with Crippen molar-refractivity contribution < 1.29 is 9.53 Å². The average Bonchev–Trinajstić information content (AvgIpc) is 2.69. The van der Waals surface area contributed by atoms with Gasteiger partial charge in [0.2, 0.25) is 11.9 Å². The zero-order chi connectivity index (χ0) is 12.4. The van der Waals surface area contributed by atoms with E-state index in [2.05, 4.69) is 27.6 Å². The van der Waals surface area contributed by atoms with E-state index in [0.29, 0.717) is 30.5 Å². The topological polar surface area (TPSA) is 68.2 Å². The van der Waals surface area contributed by atoms with Crippen LogP contribution in [0.25, 0.3) is 0 Å². The highest BCUT2D eigenvalue weighted by Crippen LogP contribution is 2.23. The Morgan fingerprint density at radius 1 is 1.47 bits per heavy atom. The number of amides is 1. The van der Waals surface area contributed by atoms with Gasteiger partial charge in [0, 0.05) is 13.0 Å². The number of aryl methyl sites for hydroxylation is 1. The van der Waals surface area contributed by atoms with Crippen molar-refractivity contribution in [3.8, 4) is 6.01 Å². The number of ether oxygens (including phenoxy) is 1. The fourth-order valence-electron chi connectivity index (χ4n) is 1.75. The van der Waals surface area contributed by atoms with E-state index in [1.165, 1.54) is 7.11 Å². The van der Waals surface area contributed by atoms with Crippen molar-refractivity contribution >= 4 is 24.5 Å². The van der Waals surface area contributed by atoms with Gasteiger partial charge in [0.25, 0.3) is 0 Å². The predicted molar refractivity (Wildman–Crippen MR) is 65.4 cm³/mol. The highest BCUT2D eigenvalue weighted by Gasteiger charge is 2.31. The Hall–Kier alpha value is -1.37. The van der Waals surface area contributed by atoms with Crippen molar-refractivity contribution in [1.82, 2.24) is 15.0 Å². The van der Waals surface area contributed by atoms with Gasteiger partial charge in [-0.3, -0.25) is 9.69 Å². The molecule has 1 atom stereocenters. The van der Waals surface area contributed by atoms with Gasteiger partial charge >= 0.3 is 6.01 Å². The summed E-state index contributed by atoms with van der Waals surface area (Å²) in [5.74, 6) is 1.87.